The maximum atomic E-state index is 11.1. The highest BCUT2D eigenvalue weighted by molar-refractivity contribution is 7.92. The number of sulfone groups is 2. The van der Waals surface area contributed by atoms with Gasteiger partial charge in [-0.15, -0.1) is 0 Å². The van der Waals surface area contributed by atoms with Crippen LogP contribution in [-0.4, -0.2) is 66.2 Å². The zero-order valence-corrected chi connectivity index (χ0v) is 38.5. The highest BCUT2D eigenvalue weighted by Crippen LogP contribution is 2.32. The number of ether oxygens (including phenoxy) is 1. The summed E-state index contributed by atoms with van der Waals surface area (Å²) in [6, 6.07) is 0. The molecule has 0 aromatic heterocycles. The Morgan fingerprint density at radius 3 is 0.959 bits per heavy atom. The number of rotatable bonds is 4. The second kappa shape index (κ2) is 26.6. The monoisotopic (exact) mass is 742 g/mol. The first-order chi connectivity index (χ1) is 22.2. The lowest BCUT2D eigenvalue weighted by atomic mass is 9.82. The third-order valence-electron chi connectivity index (χ3n) is 7.48. The van der Waals surface area contributed by atoms with Crippen LogP contribution in [0.25, 0.3) is 0 Å². The lowest BCUT2D eigenvalue weighted by Gasteiger charge is -2.32. The van der Waals surface area contributed by atoms with Crippen LogP contribution in [0.3, 0.4) is 0 Å². The Hall–Kier alpha value is -0.180. The van der Waals surface area contributed by atoms with Crippen molar-refractivity contribution < 1.29 is 21.6 Å². The fourth-order valence-corrected chi connectivity index (χ4v) is 9.62. The van der Waals surface area contributed by atoms with Crippen molar-refractivity contribution in [3.63, 3.8) is 0 Å². The quantitative estimate of drug-likeness (QED) is 0.309. The van der Waals surface area contributed by atoms with E-state index >= 15 is 0 Å². The van der Waals surface area contributed by atoms with Crippen molar-refractivity contribution in [1.82, 2.24) is 5.32 Å². The van der Waals surface area contributed by atoms with Crippen LogP contribution in [0.15, 0.2) is 0 Å². The molecule has 0 radical (unpaired) electrons. The summed E-state index contributed by atoms with van der Waals surface area (Å²) in [6.07, 6.45) is 5.63. The van der Waals surface area contributed by atoms with Gasteiger partial charge in [0.1, 0.15) is 0 Å². The average molecular weight is 742 g/mol. The zero-order chi connectivity index (χ0) is 39.9. The van der Waals surface area contributed by atoms with E-state index in [2.05, 4.69) is 88.4 Å². The third kappa shape index (κ3) is 36.0. The summed E-state index contributed by atoms with van der Waals surface area (Å²) < 4.78 is 48.9. The first kappa shape index (κ1) is 55.6. The Morgan fingerprint density at radius 2 is 0.776 bits per heavy atom. The first-order valence-corrected chi connectivity index (χ1v) is 23.6. The molecule has 302 valence electrons. The van der Waals surface area contributed by atoms with Crippen LogP contribution < -0.4 is 5.32 Å². The summed E-state index contributed by atoms with van der Waals surface area (Å²) in [5, 5.41) is 3.28. The molecule has 4 fully saturated rings. The van der Waals surface area contributed by atoms with Gasteiger partial charge in [-0.2, -0.15) is 0 Å². The second-order valence-corrected chi connectivity index (χ2v) is 22.6. The fraction of sp³-hybridized carbons (Fsp3) is 1.00. The molecule has 1 atom stereocenters. The van der Waals surface area contributed by atoms with Gasteiger partial charge in [0.25, 0.3) is 0 Å². The van der Waals surface area contributed by atoms with Crippen LogP contribution in [0.1, 0.15) is 171 Å². The van der Waals surface area contributed by atoms with Crippen molar-refractivity contribution >= 4 is 19.7 Å². The summed E-state index contributed by atoms with van der Waals surface area (Å²) in [4.78, 5) is 0. The van der Waals surface area contributed by atoms with Gasteiger partial charge in [-0.05, 0) is 84.6 Å². The van der Waals surface area contributed by atoms with E-state index in [-0.39, 0.29) is 10.8 Å². The van der Waals surface area contributed by atoms with Gasteiger partial charge in [0.15, 0.2) is 19.7 Å². The van der Waals surface area contributed by atoms with E-state index < -0.39 is 19.7 Å². The van der Waals surface area contributed by atoms with Crippen molar-refractivity contribution in [1.29, 1.82) is 0 Å². The minimum absolute atomic E-state index is 0.268. The Kier molecular flexibility index (Phi) is 30.1. The topological polar surface area (TPSA) is 89.5 Å². The standard InChI is InChI=1S/C9H18O2S.C8H17N.C8H16O2S.C8H16O.4C2H6/c1-9(2,3)6-8-4-5-12(10,11)7-8;1-8(2,3)4-7-5-9-6-7;1-8(2,3)4-7-5-11(9,10)6-7;1-8(2,3)4-7-5-9-6-7;4*1-2/h8H,4-7H2,1-3H3;7,9H,4-6H2,1-3H3;7H,4-6H2,1-3H3;7H,4-6H2,1-3H3;4*1-2H3. The summed E-state index contributed by atoms with van der Waals surface area (Å²) >= 11 is 0. The lowest BCUT2D eigenvalue weighted by molar-refractivity contribution is -0.0486. The van der Waals surface area contributed by atoms with Crippen LogP contribution in [0, 0.1) is 45.3 Å². The minimum Gasteiger partial charge on any atom is -0.381 e. The fourth-order valence-electron chi connectivity index (χ4n) is 6.18. The van der Waals surface area contributed by atoms with Crippen LogP contribution in [0.4, 0.5) is 0 Å². The summed E-state index contributed by atoms with van der Waals surface area (Å²) in [5.74, 6) is 4.33. The Labute approximate surface area is 310 Å². The van der Waals surface area contributed by atoms with Gasteiger partial charge in [0.2, 0.25) is 0 Å². The van der Waals surface area contributed by atoms with Gasteiger partial charge in [-0.25, -0.2) is 16.8 Å². The van der Waals surface area contributed by atoms with Crippen molar-refractivity contribution in [2.24, 2.45) is 45.3 Å². The molecule has 4 aliphatic heterocycles. The van der Waals surface area contributed by atoms with Crippen molar-refractivity contribution in [3.8, 4) is 0 Å². The van der Waals surface area contributed by atoms with Crippen molar-refractivity contribution in [3.05, 3.63) is 0 Å². The first-order valence-electron chi connectivity index (χ1n) is 19.9. The molecule has 4 rings (SSSR count). The maximum Gasteiger partial charge on any atom is 0.150 e. The highest BCUT2D eigenvalue weighted by atomic mass is 32.2. The molecule has 6 nitrogen and oxygen atoms in total. The van der Waals surface area contributed by atoms with E-state index in [0.717, 1.165) is 44.3 Å². The molecule has 0 aromatic rings. The van der Waals surface area contributed by atoms with Crippen LogP contribution in [-0.2, 0) is 24.4 Å². The molecule has 49 heavy (non-hydrogen) atoms. The van der Waals surface area contributed by atoms with E-state index in [1.165, 1.54) is 25.9 Å². The Balaban J connectivity index is -0.000000259. The Bertz CT molecular complexity index is 933. The van der Waals surface area contributed by atoms with E-state index in [1.54, 1.807) is 0 Å². The number of nitrogens with one attached hydrogen (secondary N) is 1. The molecule has 8 heteroatoms. The molecule has 0 aromatic carbocycles. The highest BCUT2D eigenvalue weighted by Gasteiger charge is 2.35. The molecule has 1 N–H and O–H groups in total. The molecule has 0 saturated carbocycles. The van der Waals surface area contributed by atoms with Gasteiger partial charge in [-0.1, -0.05) is 138 Å². The van der Waals surface area contributed by atoms with Gasteiger partial charge in [0.05, 0.1) is 36.2 Å². The normalized spacial score (nSPS) is 21.1. The molecule has 4 heterocycles. The van der Waals surface area contributed by atoms with Gasteiger partial charge in [-0.3, -0.25) is 0 Å². The molecular weight excluding hydrogens is 651 g/mol. The molecule has 0 spiro atoms. The van der Waals surface area contributed by atoms with E-state index in [9.17, 15) is 16.8 Å². The largest absolute Gasteiger partial charge is 0.381 e. The predicted molar refractivity (Wildman–Crippen MR) is 221 cm³/mol. The van der Waals surface area contributed by atoms with E-state index in [4.69, 9.17) is 4.74 Å². The van der Waals surface area contributed by atoms with Crippen molar-refractivity contribution in [2.75, 3.05) is 49.3 Å². The molecule has 0 bridgehead atoms. The van der Waals surface area contributed by atoms with Crippen LogP contribution in [0.2, 0.25) is 0 Å². The molecule has 1 unspecified atom stereocenters. The number of hydrogen-bond donors (Lipinski definition) is 1. The summed E-state index contributed by atoms with van der Waals surface area (Å²) in [5.41, 5.74) is 1.58. The lowest BCUT2D eigenvalue weighted by Crippen LogP contribution is -2.43. The van der Waals surface area contributed by atoms with Gasteiger partial charge in [0, 0.05) is 5.92 Å². The summed E-state index contributed by atoms with van der Waals surface area (Å²) in [6.45, 7) is 47.2. The average Bonchev–Trinajstić information content (AvgIpc) is 3.23. The number of hydrogen-bond acceptors (Lipinski definition) is 6. The van der Waals surface area contributed by atoms with Gasteiger partial charge >= 0.3 is 0 Å². The predicted octanol–water partition coefficient (Wildman–Crippen LogP) is 11.1. The van der Waals surface area contributed by atoms with E-state index in [0.29, 0.717) is 45.7 Å². The van der Waals surface area contributed by atoms with Gasteiger partial charge < -0.3 is 10.1 Å². The van der Waals surface area contributed by atoms with Crippen LogP contribution >= 0.6 is 0 Å². The SMILES string of the molecule is CC.CC.CC.CC.CC(C)(C)CC1CCS(=O)(=O)C1.CC(C)(C)CC1CNC1.CC(C)(C)CC1COC1.CC(C)(C)CC1CS(=O)(=O)C1. The van der Waals surface area contributed by atoms with Crippen LogP contribution in [0.5, 0.6) is 0 Å². The molecule has 0 amide bonds. The summed E-state index contributed by atoms with van der Waals surface area (Å²) in [7, 11) is -5.27. The Morgan fingerprint density at radius 1 is 0.469 bits per heavy atom. The molecule has 4 saturated heterocycles. The third-order valence-corrected chi connectivity index (χ3v) is 11.3. The molecular formula is C41H91NO5S2. The maximum absolute atomic E-state index is 11.1. The second-order valence-electron chi connectivity index (χ2n) is 18.2. The molecule has 4 aliphatic rings. The van der Waals surface area contributed by atoms with Crippen molar-refractivity contribution in [2.45, 2.75) is 171 Å². The minimum atomic E-state index is -2.67. The van der Waals surface area contributed by atoms with E-state index in [1.807, 2.05) is 55.4 Å². The smallest absolute Gasteiger partial charge is 0.150 e. The zero-order valence-electron chi connectivity index (χ0n) is 36.9. The molecule has 0 aliphatic carbocycles.